The van der Waals surface area contributed by atoms with E-state index in [-0.39, 0.29) is 24.2 Å². The molecule has 5 nitrogen and oxygen atoms in total. The highest BCUT2D eigenvalue weighted by molar-refractivity contribution is 5.97. The summed E-state index contributed by atoms with van der Waals surface area (Å²) < 4.78 is 0. The van der Waals surface area contributed by atoms with E-state index in [0.29, 0.717) is 29.8 Å². The van der Waals surface area contributed by atoms with Gasteiger partial charge in [0.1, 0.15) is 0 Å². The highest BCUT2D eigenvalue weighted by atomic mass is 35.5. The predicted octanol–water partition coefficient (Wildman–Crippen LogP) is 3.27. The lowest BCUT2D eigenvalue weighted by Gasteiger charge is -2.14. The zero-order valence-electron chi connectivity index (χ0n) is 14.7. The number of carbonyl (C=O) groups is 2. The van der Waals surface area contributed by atoms with Gasteiger partial charge in [0.15, 0.2) is 0 Å². The number of para-hydroxylation sites is 1. The van der Waals surface area contributed by atoms with E-state index in [1.54, 1.807) is 26.2 Å². The van der Waals surface area contributed by atoms with Crippen LogP contribution in [0.15, 0.2) is 42.5 Å². The molecule has 0 aromatic heterocycles. The minimum absolute atomic E-state index is 0. The minimum Gasteiger partial charge on any atom is -0.399 e. The van der Waals surface area contributed by atoms with E-state index >= 15 is 0 Å². The molecule has 0 atom stereocenters. The van der Waals surface area contributed by atoms with Crippen LogP contribution in [0.3, 0.4) is 0 Å². The largest absolute Gasteiger partial charge is 0.399 e. The number of nitrogen functional groups attached to an aromatic ring is 1. The summed E-state index contributed by atoms with van der Waals surface area (Å²) in [4.78, 5) is 25.8. The van der Waals surface area contributed by atoms with E-state index in [9.17, 15) is 9.59 Å². The van der Waals surface area contributed by atoms with E-state index < -0.39 is 0 Å². The number of halogens is 1. The van der Waals surface area contributed by atoms with Gasteiger partial charge in [-0.2, -0.15) is 0 Å². The quantitative estimate of drug-likeness (QED) is 0.802. The maximum Gasteiger partial charge on any atom is 0.253 e. The number of nitrogens with zero attached hydrogens (tertiary/aromatic N) is 1. The molecule has 2 amide bonds. The molecule has 2 aromatic rings. The summed E-state index contributed by atoms with van der Waals surface area (Å²) in [7, 11) is 3.40. The van der Waals surface area contributed by atoms with Gasteiger partial charge >= 0.3 is 0 Å². The van der Waals surface area contributed by atoms with Crippen molar-refractivity contribution in [2.75, 3.05) is 25.1 Å². The number of amides is 2. The highest BCUT2D eigenvalue weighted by Gasteiger charge is 2.12. The Bertz CT molecular complexity index is 760. The van der Waals surface area contributed by atoms with E-state index in [1.807, 2.05) is 37.3 Å². The van der Waals surface area contributed by atoms with Crippen molar-refractivity contribution in [2.24, 2.45) is 0 Å². The highest BCUT2D eigenvalue weighted by Crippen LogP contribution is 2.19. The first kappa shape index (κ1) is 20.5. The maximum atomic E-state index is 12.2. The van der Waals surface area contributed by atoms with Crippen LogP contribution in [-0.2, 0) is 11.2 Å². The molecule has 0 aliphatic heterocycles. The fraction of sp³-hybridized carbons (Fsp3) is 0.263. The van der Waals surface area contributed by atoms with Gasteiger partial charge in [0, 0.05) is 37.5 Å². The van der Waals surface area contributed by atoms with Crippen molar-refractivity contribution >= 4 is 35.6 Å². The molecule has 25 heavy (non-hydrogen) atoms. The second kappa shape index (κ2) is 9.08. The number of nitrogens with one attached hydrogen (secondary N) is 1. The molecule has 0 saturated heterocycles. The molecular weight excluding hydrogens is 338 g/mol. The first-order valence-corrected chi connectivity index (χ1v) is 7.84. The van der Waals surface area contributed by atoms with Gasteiger partial charge in [0.2, 0.25) is 5.91 Å². The van der Waals surface area contributed by atoms with Gasteiger partial charge in [-0.1, -0.05) is 24.3 Å². The van der Waals surface area contributed by atoms with Gasteiger partial charge in [-0.05, 0) is 42.7 Å². The summed E-state index contributed by atoms with van der Waals surface area (Å²) in [6.45, 7) is 1.90. The third-order valence-corrected chi connectivity index (χ3v) is 3.84. The molecule has 2 aromatic carbocycles. The molecule has 6 heteroatoms. The Hall–Kier alpha value is -2.53. The zero-order chi connectivity index (χ0) is 17.7. The van der Waals surface area contributed by atoms with Gasteiger partial charge in [-0.25, -0.2) is 0 Å². The van der Waals surface area contributed by atoms with Gasteiger partial charge in [0.25, 0.3) is 5.91 Å². The summed E-state index contributed by atoms with van der Waals surface area (Å²) in [6.07, 6.45) is 0.910. The first-order valence-electron chi connectivity index (χ1n) is 7.84. The third kappa shape index (κ3) is 5.50. The van der Waals surface area contributed by atoms with Crippen LogP contribution in [0.2, 0.25) is 0 Å². The Morgan fingerprint density at radius 1 is 1.12 bits per heavy atom. The number of aryl methyl sites for hydroxylation is 2. The Morgan fingerprint density at radius 2 is 1.80 bits per heavy atom. The molecule has 0 bridgehead atoms. The molecule has 2 rings (SSSR count). The Kier molecular flexibility index (Phi) is 7.45. The van der Waals surface area contributed by atoms with E-state index in [2.05, 4.69) is 5.32 Å². The molecular formula is C19H24ClN3O2. The van der Waals surface area contributed by atoms with Crippen LogP contribution in [0.4, 0.5) is 11.4 Å². The SMILES string of the molecule is Cc1ccc(C(=O)N(C)C)cc1NC(=O)CCc1ccccc1N.Cl. The number of anilines is 2. The maximum absolute atomic E-state index is 12.2. The number of benzene rings is 2. The molecule has 0 spiro atoms. The number of hydrogen-bond acceptors (Lipinski definition) is 3. The molecule has 0 saturated carbocycles. The lowest BCUT2D eigenvalue weighted by molar-refractivity contribution is -0.116. The minimum atomic E-state index is -0.101. The van der Waals surface area contributed by atoms with Crippen molar-refractivity contribution in [3.8, 4) is 0 Å². The van der Waals surface area contributed by atoms with E-state index in [4.69, 9.17) is 5.73 Å². The average molecular weight is 362 g/mol. The number of nitrogens with two attached hydrogens (primary N) is 1. The molecule has 3 N–H and O–H groups in total. The van der Waals surface area contributed by atoms with Gasteiger partial charge in [0.05, 0.1) is 0 Å². The van der Waals surface area contributed by atoms with Crippen molar-refractivity contribution in [3.63, 3.8) is 0 Å². The Morgan fingerprint density at radius 3 is 2.44 bits per heavy atom. The molecule has 0 aliphatic carbocycles. The van der Waals surface area contributed by atoms with Crippen molar-refractivity contribution in [1.82, 2.24) is 4.90 Å². The number of rotatable bonds is 5. The van der Waals surface area contributed by atoms with Gasteiger partial charge in [-0.15, -0.1) is 12.4 Å². The van der Waals surface area contributed by atoms with Crippen LogP contribution >= 0.6 is 12.4 Å². The topological polar surface area (TPSA) is 75.4 Å². The van der Waals surface area contributed by atoms with Gasteiger partial charge in [-0.3, -0.25) is 9.59 Å². The zero-order valence-corrected chi connectivity index (χ0v) is 15.5. The first-order chi connectivity index (χ1) is 11.4. The number of hydrogen-bond donors (Lipinski definition) is 2. The van der Waals surface area contributed by atoms with Crippen LogP contribution in [0.1, 0.15) is 27.9 Å². The van der Waals surface area contributed by atoms with E-state index in [1.165, 1.54) is 4.90 Å². The molecule has 0 unspecified atom stereocenters. The van der Waals surface area contributed by atoms with Crippen molar-refractivity contribution < 1.29 is 9.59 Å². The van der Waals surface area contributed by atoms with Crippen LogP contribution in [0.25, 0.3) is 0 Å². The average Bonchev–Trinajstić information content (AvgIpc) is 2.55. The monoisotopic (exact) mass is 361 g/mol. The third-order valence-electron chi connectivity index (χ3n) is 3.84. The van der Waals surface area contributed by atoms with Crippen LogP contribution in [0, 0.1) is 6.92 Å². The van der Waals surface area contributed by atoms with E-state index in [0.717, 1.165) is 11.1 Å². The molecule has 0 aliphatic rings. The predicted molar refractivity (Wildman–Crippen MR) is 104 cm³/mol. The second-order valence-electron chi connectivity index (χ2n) is 5.98. The summed E-state index contributed by atoms with van der Waals surface area (Å²) in [5, 5.41) is 2.88. The normalized spacial score (nSPS) is 9.88. The molecule has 134 valence electrons. The summed E-state index contributed by atoms with van der Waals surface area (Å²) in [5.41, 5.74) is 9.67. The van der Waals surface area contributed by atoms with Crippen LogP contribution in [-0.4, -0.2) is 30.8 Å². The fourth-order valence-corrected chi connectivity index (χ4v) is 2.37. The van der Waals surface area contributed by atoms with Crippen molar-refractivity contribution in [3.05, 3.63) is 59.2 Å². The second-order valence-corrected chi connectivity index (χ2v) is 5.98. The molecule has 0 radical (unpaired) electrons. The van der Waals surface area contributed by atoms with Crippen LogP contribution < -0.4 is 11.1 Å². The fourth-order valence-electron chi connectivity index (χ4n) is 2.37. The van der Waals surface area contributed by atoms with Crippen LogP contribution in [0.5, 0.6) is 0 Å². The molecule has 0 fully saturated rings. The smallest absolute Gasteiger partial charge is 0.253 e. The Balaban J connectivity index is 0.00000312. The lowest BCUT2D eigenvalue weighted by atomic mass is 10.1. The summed E-state index contributed by atoms with van der Waals surface area (Å²) in [5.74, 6) is -0.196. The van der Waals surface area contributed by atoms with Crippen molar-refractivity contribution in [1.29, 1.82) is 0 Å². The Labute approximate surface area is 154 Å². The number of carbonyl (C=O) groups excluding carboxylic acids is 2. The standard InChI is InChI=1S/C19H23N3O2.ClH/c1-13-8-9-15(19(24)22(2)3)12-17(13)21-18(23)11-10-14-6-4-5-7-16(14)20;/h4-9,12H,10-11,20H2,1-3H3,(H,21,23);1H. The van der Waals surface area contributed by atoms with Gasteiger partial charge < -0.3 is 16.0 Å². The summed E-state index contributed by atoms with van der Waals surface area (Å²) in [6, 6.07) is 12.8. The lowest BCUT2D eigenvalue weighted by Crippen LogP contribution is -2.22. The molecule has 0 heterocycles. The summed E-state index contributed by atoms with van der Waals surface area (Å²) >= 11 is 0. The van der Waals surface area contributed by atoms with Crippen molar-refractivity contribution in [2.45, 2.75) is 19.8 Å².